The van der Waals surface area contributed by atoms with Crippen molar-refractivity contribution in [2.24, 2.45) is 0 Å². The summed E-state index contributed by atoms with van der Waals surface area (Å²) in [6.45, 7) is 4.94. The fourth-order valence-electron chi connectivity index (χ4n) is 2.72. The molecule has 1 atom stereocenters. The molecule has 1 aromatic carbocycles. The second-order valence-electron chi connectivity index (χ2n) is 6.21. The minimum absolute atomic E-state index is 0.0143. The zero-order valence-corrected chi connectivity index (χ0v) is 14.3. The maximum absolute atomic E-state index is 12.2. The zero-order valence-electron chi connectivity index (χ0n) is 13.5. The average molecular weight is 346 g/mol. The molecule has 1 unspecified atom stereocenters. The number of nitrogens with zero attached hydrogens (tertiary/aromatic N) is 3. The molecule has 24 heavy (non-hydrogen) atoms. The Morgan fingerprint density at radius 1 is 1.29 bits per heavy atom. The van der Waals surface area contributed by atoms with Gasteiger partial charge >= 0.3 is 0 Å². The summed E-state index contributed by atoms with van der Waals surface area (Å²) < 4.78 is 12.5. The number of nitrogens with one attached hydrogen (secondary N) is 1. The molecule has 1 fully saturated rings. The van der Waals surface area contributed by atoms with E-state index < -0.39 is 4.75 Å². The van der Waals surface area contributed by atoms with Crippen LogP contribution in [-0.4, -0.2) is 44.4 Å². The Bertz CT molecular complexity index is 789. The number of ether oxygens (including phenoxy) is 2. The van der Waals surface area contributed by atoms with Gasteiger partial charge in [-0.3, -0.25) is 4.79 Å². The van der Waals surface area contributed by atoms with Crippen LogP contribution in [0.2, 0.25) is 0 Å². The summed E-state index contributed by atoms with van der Waals surface area (Å²) in [5.74, 6) is 2.91. The summed E-state index contributed by atoms with van der Waals surface area (Å²) in [7, 11) is 0. The van der Waals surface area contributed by atoms with Gasteiger partial charge in [0.2, 0.25) is 5.91 Å². The number of carbonyl (C=O) groups is 1. The third-order valence-electron chi connectivity index (χ3n) is 4.12. The number of thioether (sulfide) groups is 1. The van der Waals surface area contributed by atoms with Crippen LogP contribution in [-0.2, 0) is 4.79 Å². The van der Waals surface area contributed by atoms with Gasteiger partial charge in [0.1, 0.15) is 19.5 Å². The molecule has 0 aliphatic carbocycles. The maximum Gasteiger partial charge on any atom is 0.236 e. The third-order valence-corrected chi connectivity index (χ3v) is 5.53. The summed E-state index contributed by atoms with van der Waals surface area (Å²) >= 11 is 1.62. The SMILES string of the molecule is CC1(C)SCC(c2ncnn2-c2ccc3c(c2)OCCO3)NC1=O. The van der Waals surface area contributed by atoms with E-state index in [4.69, 9.17) is 9.47 Å². The second-order valence-corrected chi connectivity index (χ2v) is 7.85. The molecule has 8 heteroatoms. The predicted octanol–water partition coefficient (Wildman–Crippen LogP) is 1.72. The summed E-state index contributed by atoms with van der Waals surface area (Å²) in [6, 6.07) is 5.49. The smallest absolute Gasteiger partial charge is 0.236 e. The molecular weight excluding hydrogens is 328 g/mol. The maximum atomic E-state index is 12.2. The summed E-state index contributed by atoms with van der Waals surface area (Å²) in [4.78, 5) is 16.6. The van der Waals surface area contributed by atoms with Crippen LogP contribution in [0.15, 0.2) is 24.5 Å². The number of benzene rings is 1. The molecule has 2 aliphatic rings. The third kappa shape index (κ3) is 2.60. The standard InChI is InChI=1S/C16H18N4O3S/c1-16(2)15(21)19-11(8-24-16)14-17-9-18-20(14)10-3-4-12-13(7-10)23-6-5-22-12/h3-4,7,9,11H,5-6,8H2,1-2H3,(H,19,21). The second kappa shape index (κ2) is 5.70. The van der Waals surface area contributed by atoms with E-state index in [-0.39, 0.29) is 11.9 Å². The van der Waals surface area contributed by atoms with Crippen molar-refractivity contribution < 1.29 is 14.3 Å². The lowest BCUT2D eigenvalue weighted by molar-refractivity contribution is -0.123. The van der Waals surface area contributed by atoms with E-state index in [1.807, 2.05) is 32.0 Å². The molecule has 2 aromatic rings. The van der Waals surface area contributed by atoms with Crippen LogP contribution in [0.1, 0.15) is 25.7 Å². The van der Waals surface area contributed by atoms with Crippen LogP contribution in [0.4, 0.5) is 0 Å². The summed E-state index contributed by atoms with van der Waals surface area (Å²) in [5.41, 5.74) is 0.829. The topological polar surface area (TPSA) is 78.3 Å². The van der Waals surface area contributed by atoms with Crippen LogP contribution in [0, 0.1) is 0 Å². The molecule has 1 amide bonds. The van der Waals surface area contributed by atoms with Crippen molar-refractivity contribution in [1.82, 2.24) is 20.1 Å². The van der Waals surface area contributed by atoms with E-state index in [9.17, 15) is 4.79 Å². The largest absolute Gasteiger partial charge is 0.486 e. The van der Waals surface area contributed by atoms with E-state index in [0.29, 0.717) is 24.8 Å². The number of aromatic nitrogens is 3. The molecule has 4 rings (SSSR count). The number of hydrogen-bond donors (Lipinski definition) is 1. The zero-order chi connectivity index (χ0) is 16.7. The number of carbonyl (C=O) groups excluding carboxylic acids is 1. The van der Waals surface area contributed by atoms with Crippen molar-refractivity contribution in [2.75, 3.05) is 19.0 Å². The molecule has 1 N–H and O–H groups in total. The number of fused-ring (bicyclic) bond motifs is 1. The van der Waals surface area contributed by atoms with Crippen molar-refractivity contribution in [2.45, 2.75) is 24.6 Å². The van der Waals surface area contributed by atoms with Gasteiger partial charge in [0.05, 0.1) is 16.5 Å². The molecule has 1 saturated heterocycles. The van der Waals surface area contributed by atoms with Crippen molar-refractivity contribution >= 4 is 17.7 Å². The van der Waals surface area contributed by atoms with Gasteiger partial charge in [-0.05, 0) is 26.0 Å². The highest BCUT2D eigenvalue weighted by molar-refractivity contribution is 8.01. The molecule has 2 aliphatic heterocycles. The van der Waals surface area contributed by atoms with E-state index in [2.05, 4.69) is 15.4 Å². The Morgan fingerprint density at radius 2 is 2.08 bits per heavy atom. The highest BCUT2D eigenvalue weighted by atomic mass is 32.2. The summed E-state index contributed by atoms with van der Waals surface area (Å²) in [6.07, 6.45) is 1.50. The predicted molar refractivity (Wildman–Crippen MR) is 89.8 cm³/mol. The lowest BCUT2D eigenvalue weighted by atomic mass is 10.1. The van der Waals surface area contributed by atoms with E-state index >= 15 is 0 Å². The number of rotatable bonds is 2. The van der Waals surface area contributed by atoms with Crippen LogP contribution < -0.4 is 14.8 Å². The first-order chi connectivity index (χ1) is 11.5. The summed E-state index contributed by atoms with van der Waals surface area (Å²) in [5, 5.41) is 7.36. The molecule has 0 radical (unpaired) electrons. The molecular formula is C16H18N4O3S. The normalized spacial score (nSPS) is 22.1. The van der Waals surface area contributed by atoms with Crippen LogP contribution in [0.5, 0.6) is 11.5 Å². The fraction of sp³-hybridized carbons (Fsp3) is 0.438. The van der Waals surface area contributed by atoms with E-state index in [1.165, 1.54) is 6.33 Å². The number of amides is 1. The van der Waals surface area contributed by atoms with Crippen molar-refractivity contribution in [3.63, 3.8) is 0 Å². The van der Waals surface area contributed by atoms with Gasteiger partial charge in [-0.25, -0.2) is 9.67 Å². The molecule has 126 valence electrons. The van der Waals surface area contributed by atoms with Crippen molar-refractivity contribution in [3.05, 3.63) is 30.4 Å². The first-order valence-corrected chi connectivity index (χ1v) is 8.78. The van der Waals surface area contributed by atoms with Gasteiger partial charge in [-0.1, -0.05) is 0 Å². The average Bonchev–Trinajstić information content (AvgIpc) is 3.06. The number of hydrogen-bond acceptors (Lipinski definition) is 6. The van der Waals surface area contributed by atoms with Gasteiger partial charge in [-0.2, -0.15) is 5.10 Å². The molecule has 1 aromatic heterocycles. The van der Waals surface area contributed by atoms with Gasteiger partial charge in [-0.15, -0.1) is 11.8 Å². The highest BCUT2D eigenvalue weighted by Gasteiger charge is 2.37. The Kier molecular flexibility index (Phi) is 3.64. The highest BCUT2D eigenvalue weighted by Crippen LogP contribution is 2.35. The van der Waals surface area contributed by atoms with Gasteiger partial charge < -0.3 is 14.8 Å². The molecule has 0 spiro atoms. The molecule has 0 saturated carbocycles. The molecule has 0 bridgehead atoms. The lowest BCUT2D eigenvalue weighted by Gasteiger charge is -2.33. The minimum atomic E-state index is -0.418. The van der Waals surface area contributed by atoms with Gasteiger partial charge in [0.15, 0.2) is 17.3 Å². The monoisotopic (exact) mass is 346 g/mol. The first-order valence-electron chi connectivity index (χ1n) is 7.79. The Labute approximate surface area is 143 Å². The van der Waals surface area contributed by atoms with Gasteiger partial charge in [0, 0.05) is 11.8 Å². The molecule has 7 nitrogen and oxygen atoms in total. The Balaban J connectivity index is 1.65. The minimum Gasteiger partial charge on any atom is -0.486 e. The van der Waals surface area contributed by atoms with Gasteiger partial charge in [0.25, 0.3) is 0 Å². The Morgan fingerprint density at radius 3 is 2.88 bits per heavy atom. The lowest BCUT2D eigenvalue weighted by Crippen LogP contribution is -2.47. The van der Waals surface area contributed by atoms with E-state index in [0.717, 1.165) is 17.2 Å². The van der Waals surface area contributed by atoms with Crippen LogP contribution >= 0.6 is 11.8 Å². The molecule has 3 heterocycles. The van der Waals surface area contributed by atoms with Crippen LogP contribution in [0.25, 0.3) is 5.69 Å². The van der Waals surface area contributed by atoms with Crippen LogP contribution in [0.3, 0.4) is 0 Å². The van der Waals surface area contributed by atoms with E-state index in [1.54, 1.807) is 16.4 Å². The van der Waals surface area contributed by atoms with Crippen molar-refractivity contribution in [1.29, 1.82) is 0 Å². The Hall–Kier alpha value is -2.22. The first kappa shape index (κ1) is 15.3. The quantitative estimate of drug-likeness (QED) is 0.892. The van der Waals surface area contributed by atoms with Crippen molar-refractivity contribution in [3.8, 4) is 17.2 Å². The fourth-order valence-corrected chi connectivity index (χ4v) is 3.73.